The van der Waals surface area contributed by atoms with Gasteiger partial charge in [0.1, 0.15) is 6.33 Å². The average molecular weight is 326 g/mol. The Morgan fingerprint density at radius 3 is 2.84 bits per heavy atom. The molecular formula is C19H14N6. The first-order valence-corrected chi connectivity index (χ1v) is 8.04. The van der Waals surface area contributed by atoms with E-state index in [2.05, 4.69) is 27.3 Å². The van der Waals surface area contributed by atoms with Gasteiger partial charge in [-0.15, -0.1) is 5.10 Å². The van der Waals surface area contributed by atoms with E-state index in [0.29, 0.717) is 5.82 Å². The van der Waals surface area contributed by atoms with E-state index in [1.807, 2.05) is 53.3 Å². The first-order valence-electron chi connectivity index (χ1n) is 8.04. The molecule has 0 saturated carbocycles. The molecule has 6 heteroatoms. The molecule has 2 aromatic carbocycles. The largest absolute Gasteiger partial charge is 0.268 e. The van der Waals surface area contributed by atoms with E-state index < -0.39 is 0 Å². The zero-order chi connectivity index (χ0) is 16.6. The highest BCUT2D eigenvalue weighted by Gasteiger charge is 2.10. The third kappa shape index (κ3) is 2.44. The van der Waals surface area contributed by atoms with E-state index >= 15 is 0 Å². The van der Waals surface area contributed by atoms with Crippen molar-refractivity contribution in [2.24, 2.45) is 0 Å². The summed E-state index contributed by atoms with van der Waals surface area (Å²) in [5.41, 5.74) is 3.87. The van der Waals surface area contributed by atoms with E-state index in [-0.39, 0.29) is 0 Å². The van der Waals surface area contributed by atoms with Gasteiger partial charge in [-0.1, -0.05) is 30.3 Å². The third-order valence-corrected chi connectivity index (χ3v) is 4.17. The molecular weight excluding hydrogens is 312 g/mol. The van der Waals surface area contributed by atoms with Crippen LogP contribution in [0.4, 0.5) is 0 Å². The lowest BCUT2D eigenvalue weighted by Crippen LogP contribution is -1.99. The molecule has 5 aromatic rings. The van der Waals surface area contributed by atoms with E-state index in [1.165, 1.54) is 0 Å². The predicted octanol–water partition coefficient (Wildman–Crippen LogP) is 3.19. The molecule has 6 nitrogen and oxygen atoms in total. The van der Waals surface area contributed by atoms with Gasteiger partial charge in [-0.25, -0.2) is 14.5 Å². The second-order valence-electron chi connectivity index (χ2n) is 5.87. The van der Waals surface area contributed by atoms with E-state index in [0.717, 1.165) is 34.2 Å². The Labute approximate surface area is 143 Å². The maximum absolute atomic E-state index is 4.74. The van der Waals surface area contributed by atoms with Gasteiger partial charge < -0.3 is 0 Å². The van der Waals surface area contributed by atoms with Crippen LogP contribution in [-0.4, -0.2) is 29.4 Å². The summed E-state index contributed by atoms with van der Waals surface area (Å²) >= 11 is 0. The lowest BCUT2D eigenvalue weighted by atomic mass is 10.1. The quantitative estimate of drug-likeness (QED) is 0.511. The van der Waals surface area contributed by atoms with Gasteiger partial charge in [0.15, 0.2) is 11.5 Å². The van der Waals surface area contributed by atoms with Crippen LogP contribution in [0.25, 0.3) is 27.9 Å². The number of fused-ring (bicyclic) bond motifs is 3. The maximum Gasteiger partial charge on any atom is 0.182 e. The zero-order valence-corrected chi connectivity index (χ0v) is 13.3. The van der Waals surface area contributed by atoms with Crippen molar-refractivity contribution in [3.63, 3.8) is 0 Å². The lowest BCUT2D eigenvalue weighted by Gasteiger charge is -2.03. The number of hydrogen-bond donors (Lipinski definition) is 0. The summed E-state index contributed by atoms with van der Waals surface area (Å²) in [7, 11) is 0. The van der Waals surface area contributed by atoms with Crippen molar-refractivity contribution in [2.75, 3.05) is 0 Å². The van der Waals surface area contributed by atoms with Crippen LogP contribution >= 0.6 is 0 Å². The number of para-hydroxylation sites is 1. The Balaban J connectivity index is 1.60. The number of hydrogen-bond acceptors (Lipinski definition) is 4. The minimum absolute atomic E-state index is 0.695. The molecule has 0 radical (unpaired) electrons. The summed E-state index contributed by atoms with van der Waals surface area (Å²) in [6.07, 6.45) is 5.45. The van der Waals surface area contributed by atoms with Gasteiger partial charge in [0.2, 0.25) is 0 Å². The Kier molecular flexibility index (Phi) is 3.06. The predicted molar refractivity (Wildman–Crippen MR) is 95.1 cm³/mol. The molecule has 0 bridgehead atoms. The molecule has 3 heterocycles. The normalized spacial score (nSPS) is 11.4. The molecule has 120 valence electrons. The fourth-order valence-electron chi connectivity index (χ4n) is 2.99. The molecule has 25 heavy (non-hydrogen) atoms. The summed E-state index contributed by atoms with van der Waals surface area (Å²) in [6.45, 7) is 0.721. The highest BCUT2D eigenvalue weighted by atomic mass is 15.3. The van der Waals surface area contributed by atoms with Crippen LogP contribution in [0.1, 0.15) is 5.56 Å². The average Bonchev–Trinajstić information content (AvgIpc) is 3.31. The van der Waals surface area contributed by atoms with Gasteiger partial charge in [0.05, 0.1) is 12.1 Å². The van der Waals surface area contributed by atoms with Crippen molar-refractivity contribution in [2.45, 2.75) is 6.54 Å². The topological polar surface area (TPSA) is 60.9 Å². The second-order valence-corrected chi connectivity index (χ2v) is 5.87. The Morgan fingerprint density at radius 2 is 1.92 bits per heavy atom. The summed E-state index contributed by atoms with van der Waals surface area (Å²) in [6, 6.07) is 18.1. The van der Waals surface area contributed by atoms with Crippen molar-refractivity contribution >= 4 is 16.6 Å². The SMILES string of the molecule is c1cc(Cn2cccn2)cc(-c2nc3c4ccccc4ncn3n2)c1. The fourth-order valence-corrected chi connectivity index (χ4v) is 2.99. The van der Waals surface area contributed by atoms with E-state index in [9.17, 15) is 0 Å². The number of nitrogens with zero attached hydrogens (tertiary/aromatic N) is 6. The fraction of sp³-hybridized carbons (Fsp3) is 0.0526. The van der Waals surface area contributed by atoms with Crippen LogP contribution in [0.2, 0.25) is 0 Å². The molecule has 0 aliphatic heterocycles. The minimum atomic E-state index is 0.695. The summed E-state index contributed by atoms with van der Waals surface area (Å²) in [5.74, 6) is 0.695. The minimum Gasteiger partial charge on any atom is -0.268 e. The lowest BCUT2D eigenvalue weighted by molar-refractivity contribution is 0.687. The highest BCUT2D eigenvalue weighted by molar-refractivity contribution is 5.91. The smallest absolute Gasteiger partial charge is 0.182 e. The van der Waals surface area contributed by atoms with Crippen molar-refractivity contribution in [3.05, 3.63) is 78.9 Å². The molecule has 0 aliphatic carbocycles. The first kappa shape index (κ1) is 13.9. The molecule has 0 saturated heterocycles. The second kappa shape index (κ2) is 5.52. The molecule has 5 rings (SSSR count). The Morgan fingerprint density at radius 1 is 0.960 bits per heavy atom. The summed E-state index contributed by atoms with van der Waals surface area (Å²) < 4.78 is 3.63. The molecule has 0 N–H and O–H groups in total. The summed E-state index contributed by atoms with van der Waals surface area (Å²) in [5, 5.41) is 9.84. The van der Waals surface area contributed by atoms with Crippen molar-refractivity contribution < 1.29 is 0 Å². The molecule has 0 amide bonds. The van der Waals surface area contributed by atoms with Crippen LogP contribution < -0.4 is 0 Å². The van der Waals surface area contributed by atoms with Crippen LogP contribution in [0.15, 0.2) is 73.3 Å². The molecule has 0 unspecified atom stereocenters. The van der Waals surface area contributed by atoms with Crippen LogP contribution in [0.3, 0.4) is 0 Å². The van der Waals surface area contributed by atoms with Crippen LogP contribution in [0.5, 0.6) is 0 Å². The maximum atomic E-state index is 4.74. The van der Waals surface area contributed by atoms with Gasteiger partial charge in [-0.2, -0.15) is 5.10 Å². The van der Waals surface area contributed by atoms with E-state index in [1.54, 1.807) is 17.0 Å². The van der Waals surface area contributed by atoms with Gasteiger partial charge >= 0.3 is 0 Å². The number of rotatable bonds is 3. The molecule has 0 fully saturated rings. The van der Waals surface area contributed by atoms with Crippen molar-refractivity contribution in [1.29, 1.82) is 0 Å². The molecule has 0 spiro atoms. The standard InChI is InChI=1S/C19H14N6/c1-2-8-17-16(7-1)19-22-18(23-25(19)13-20-17)15-6-3-5-14(11-15)12-24-10-4-9-21-24/h1-11,13H,12H2. The van der Waals surface area contributed by atoms with Crippen molar-refractivity contribution in [1.82, 2.24) is 29.4 Å². The van der Waals surface area contributed by atoms with Crippen LogP contribution in [-0.2, 0) is 6.54 Å². The van der Waals surface area contributed by atoms with Gasteiger partial charge in [-0.05, 0) is 29.8 Å². The Hall–Kier alpha value is -3.54. The van der Waals surface area contributed by atoms with Crippen molar-refractivity contribution in [3.8, 4) is 11.4 Å². The first-order chi connectivity index (χ1) is 12.4. The number of aromatic nitrogens is 6. The van der Waals surface area contributed by atoms with E-state index in [4.69, 9.17) is 4.98 Å². The summed E-state index contributed by atoms with van der Waals surface area (Å²) in [4.78, 5) is 9.17. The molecule has 0 aliphatic rings. The third-order valence-electron chi connectivity index (χ3n) is 4.17. The van der Waals surface area contributed by atoms with Crippen LogP contribution in [0, 0.1) is 0 Å². The van der Waals surface area contributed by atoms with Gasteiger partial charge in [-0.3, -0.25) is 4.68 Å². The highest BCUT2D eigenvalue weighted by Crippen LogP contribution is 2.21. The number of benzene rings is 2. The monoisotopic (exact) mass is 326 g/mol. The zero-order valence-electron chi connectivity index (χ0n) is 13.3. The Bertz CT molecular complexity index is 1170. The molecule has 0 atom stereocenters. The van der Waals surface area contributed by atoms with Gasteiger partial charge in [0.25, 0.3) is 0 Å². The molecule has 3 aromatic heterocycles. The van der Waals surface area contributed by atoms with Gasteiger partial charge in [0, 0.05) is 23.3 Å².